The molecule has 0 aromatic rings. The number of ether oxygens (including phenoxy) is 3. The summed E-state index contributed by atoms with van der Waals surface area (Å²) in [5.74, 6) is -0.851. The molecule has 6 nitrogen and oxygen atoms in total. The first kappa shape index (κ1) is 76.6. The van der Waals surface area contributed by atoms with Crippen LogP contribution in [0.25, 0.3) is 0 Å². The fourth-order valence-corrected chi connectivity index (χ4v) is 10.0. The Kier molecular flexibility index (Phi) is 65.2. The number of hydrogen-bond acceptors (Lipinski definition) is 6. The molecule has 0 heterocycles. The third-order valence-electron chi connectivity index (χ3n) is 15.2. The summed E-state index contributed by atoms with van der Waals surface area (Å²) in [7, 11) is 0. The molecule has 462 valence electrons. The minimum atomic E-state index is -0.772. The van der Waals surface area contributed by atoms with Crippen LogP contribution in [0.3, 0.4) is 0 Å². The van der Waals surface area contributed by atoms with Crippen LogP contribution in [0.15, 0.2) is 85.1 Å². The molecule has 0 bridgehead atoms. The van der Waals surface area contributed by atoms with Gasteiger partial charge in [0.15, 0.2) is 6.10 Å². The van der Waals surface area contributed by atoms with Crippen molar-refractivity contribution < 1.29 is 28.6 Å². The van der Waals surface area contributed by atoms with Gasteiger partial charge in [0.05, 0.1) is 0 Å². The van der Waals surface area contributed by atoms with Gasteiger partial charge in [0.1, 0.15) is 13.2 Å². The van der Waals surface area contributed by atoms with Gasteiger partial charge >= 0.3 is 17.9 Å². The average Bonchev–Trinajstić information content (AvgIpc) is 3.46. The molecule has 0 rings (SSSR count). The van der Waals surface area contributed by atoms with Crippen LogP contribution in [0, 0.1) is 0 Å². The second-order valence-electron chi connectivity index (χ2n) is 23.1. The lowest BCUT2D eigenvalue weighted by Crippen LogP contribution is -2.30. The number of esters is 3. The maximum absolute atomic E-state index is 12.9. The van der Waals surface area contributed by atoms with Crippen molar-refractivity contribution in [2.45, 2.75) is 354 Å². The molecule has 80 heavy (non-hydrogen) atoms. The summed E-state index contributed by atoms with van der Waals surface area (Å²) >= 11 is 0. The van der Waals surface area contributed by atoms with E-state index in [1.54, 1.807) is 0 Å². The fraction of sp³-hybridized carbons (Fsp3) is 0.770. The van der Waals surface area contributed by atoms with E-state index in [0.29, 0.717) is 19.3 Å². The predicted molar refractivity (Wildman–Crippen MR) is 348 cm³/mol. The Morgan fingerprint density at radius 2 is 0.487 bits per heavy atom. The SMILES string of the molecule is CC/C=C\C/C=C\C/C=C\C/C=C\C/C=C\C/C=C\C/C=C\CCCCCCCCCCCCCCCC(=O)OCC(COC(=O)CCCCCCCCCCCCCC)OC(=O)CCCCCCCCCCCCCCCCC. The van der Waals surface area contributed by atoms with Crippen molar-refractivity contribution in [3.8, 4) is 0 Å². The van der Waals surface area contributed by atoms with Gasteiger partial charge in [0.25, 0.3) is 0 Å². The minimum Gasteiger partial charge on any atom is -0.462 e. The van der Waals surface area contributed by atoms with Gasteiger partial charge in [-0.1, -0.05) is 337 Å². The quantitative estimate of drug-likeness (QED) is 0.0261. The molecule has 6 heteroatoms. The summed E-state index contributed by atoms with van der Waals surface area (Å²) in [6, 6.07) is 0. The molecule has 0 amide bonds. The zero-order valence-corrected chi connectivity index (χ0v) is 53.1. The first-order chi connectivity index (χ1) is 39.5. The molecule has 0 spiro atoms. The van der Waals surface area contributed by atoms with Crippen molar-refractivity contribution in [2.75, 3.05) is 13.2 Å². The summed E-state index contributed by atoms with van der Waals surface area (Å²) in [5.41, 5.74) is 0. The Morgan fingerprint density at radius 1 is 0.263 bits per heavy atom. The molecule has 0 aromatic heterocycles. The second-order valence-corrected chi connectivity index (χ2v) is 23.1. The average molecular weight is 1120 g/mol. The summed E-state index contributed by atoms with van der Waals surface area (Å²) < 4.78 is 16.9. The van der Waals surface area contributed by atoms with Gasteiger partial charge in [-0.3, -0.25) is 14.4 Å². The lowest BCUT2D eigenvalue weighted by atomic mass is 10.0. The van der Waals surface area contributed by atoms with E-state index in [1.807, 2.05) is 0 Å². The second kappa shape index (κ2) is 68.1. The Balaban J connectivity index is 4.13. The Labute approximate surface area is 496 Å². The molecular weight excluding hydrogens is 985 g/mol. The van der Waals surface area contributed by atoms with Crippen LogP contribution in [0.2, 0.25) is 0 Å². The van der Waals surface area contributed by atoms with Gasteiger partial charge in [-0.15, -0.1) is 0 Å². The van der Waals surface area contributed by atoms with Crippen LogP contribution in [0.1, 0.15) is 348 Å². The molecule has 0 aliphatic carbocycles. The largest absolute Gasteiger partial charge is 0.462 e. The Hall–Kier alpha value is -3.41. The number of rotatable bonds is 63. The van der Waals surface area contributed by atoms with Crippen LogP contribution < -0.4 is 0 Å². The smallest absolute Gasteiger partial charge is 0.306 e. The third-order valence-corrected chi connectivity index (χ3v) is 15.2. The highest BCUT2D eigenvalue weighted by molar-refractivity contribution is 5.71. The van der Waals surface area contributed by atoms with Gasteiger partial charge in [0, 0.05) is 19.3 Å². The molecule has 0 saturated carbocycles. The van der Waals surface area contributed by atoms with Crippen molar-refractivity contribution >= 4 is 17.9 Å². The van der Waals surface area contributed by atoms with E-state index in [4.69, 9.17) is 14.2 Å². The number of carbonyl (C=O) groups is 3. The van der Waals surface area contributed by atoms with E-state index in [0.717, 1.165) is 103 Å². The van der Waals surface area contributed by atoms with Crippen molar-refractivity contribution in [1.82, 2.24) is 0 Å². The maximum atomic E-state index is 12.9. The van der Waals surface area contributed by atoms with Crippen LogP contribution in [-0.4, -0.2) is 37.2 Å². The summed E-state index contributed by atoms with van der Waals surface area (Å²) in [6.45, 7) is 6.57. The normalized spacial score (nSPS) is 12.6. The van der Waals surface area contributed by atoms with Crippen molar-refractivity contribution in [2.24, 2.45) is 0 Å². The highest BCUT2D eigenvalue weighted by Gasteiger charge is 2.19. The summed E-state index contributed by atoms with van der Waals surface area (Å²) in [4.78, 5) is 38.3. The molecule has 0 saturated heterocycles. The van der Waals surface area contributed by atoms with Gasteiger partial charge in [-0.05, 0) is 77.0 Å². The molecular formula is C74H130O6. The third kappa shape index (κ3) is 65.4. The van der Waals surface area contributed by atoms with Crippen LogP contribution in [0.5, 0.6) is 0 Å². The van der Waals surface area contributed by atoms with E-state index in [2.05, 4.69) is 106 Å². The number of carbonyl (C=O) groups excluding carboxylic acids is 3. The highest BCUT2D eigenvalue weighted by Crippen LogP contribution is 2.18. The fourth-order valence-electron chi connectivity index (χ4n) is 10.0. The first-order valence-corrected chi connectivity index (χ1v) is 34.6. The minimum absolute atomic E-state index is 0.0694. The maximum Gasteiger partial charge on any atom is 0.306 e. The monoisotopic (exact) mass is 1110 g/mol. The molecule has 1 atom stereocenters. The lowest BCUT2D eigenvalue weighted by molar-refractivity contribution is -0.167. The molecule has 0 fully saturated rings. The first-order valence-electron chi connectivity index (χ1n) is 34.6. The zero-order chi connectivity index (χ0) is 57.8. The highest BCUT2D eigenvalue weighted by atomic mass is 16.6. The van der Waals surface area contributed by atoms with E-state index in [9.17, 15) is 14.4 Å². The summed E-state index contributed by atoms with van der Waals surface area (Å²) in [5, 5.41) is 0. The molecule has 0 aliphatic rings. The molecule has 0 aliphatic heterocycles. The number of hydrogen-bond donors (Lipinski definition) is 0. The zero-order valence-electron chi connectivity index (χ0n) is 53.1. The van der Waals surface area contributed by atoms with E-state index in [1.165, 1.54) is 205 Å². The van der Waals surface area contributed by atoms with Gasteiger partial charge < -0.3 is 14.2 Å². The topological polar surface area (TPSA) is 78.9 Å². The van der Waals surface area contributed by atoms with Crippen LogP contribution in [-0.2, 0) is 28.6 Å². The predicted octanol–water partition coefficient (Wildman–Crippen LogP) is 23.8. The Morgan fingerprint density at radius 3 is 0.762 bits per heavy atom. The number of unbranched alkanes of at least 4 members (excludes halogenated alkanes) is 38. The van der Waals surface area contributed by atoms with Gasteiger partial charge in [-0.25, -0.2) is 0 Å². The van der Waals surface area contributed by atoms with E-state index >= 15 is 0 Å². The molecule has 0 radical (unpaired) electrons. The van der Waals surface area contributed by atoms with Crippen LogP contribution in [0.4, 0.5) is 0 Å². The molecule has 0 N–H and O–H groups in total. The van der Waals surface area contributed by atoms with Crippen molar-refractivity contribution in [1.29, 1.82) is 0 Å². The lowest BCUT2D eigenvalue weighted by Gasteiger charge is -2.18. The standard InChI is InChI=1S/C74H130O6/c1-4-7-10-13-16-19-22-25-27-28-29-30-31-32-33-34-35-36-37-38-39-40-41-42-43-44-45-46-48-49-52-55-58-61-64-67-73(76)79-70-71(69-78-72(75)66-63-60-57-54-51-24-21-18-15-12-9-6-3)80-74(77)68-65-62-59-56-53-50-47-26-23-20-17-14-11-8-5-2/h7,10,16,19,25,27,29-30,32-33,35-36,38-39,71H,4-6,8-9,11-15,17-18,20-24,26,28,31,34,37,40-70H2,1-3H3/b10-7-,19-16-,27-25-,30-29-,33-32-,36-35-,39-38-. The summed E-state index contributed by atoms with van der Waals surface area (Å²) in [6.07, 6.45) is 90.4. The molecule has 0 aromatic carbocycles. The Bertz CT molecular complexity index is 1520. The van der Waals surface area contributed by atoms with Gasteiger partial charge in [-0.2, -0.15) is 0 Å². The van der Waals surface area contributed by atoms with Crippen molar-refractivity contribution in [3.05, 3.63) is 85.1 Å². The van der Waals surface area contributed by atoms with Crippen molar-refractivity contribution in [3.63, 3.8) is 0 Å². The van der Waals surface area contributed by atoms with Gasteiger partial charge in [0.2, 0.25) is 0 Å². The van der Waals surface area contributed by atoms with E-state index in [-0.39, 0.29) is 31.1 Å². The van der Waals surface area contributed by atoms with E-state index < -0.39 is 6.10 Å². The van der Waals surface area contributed by atoms with Crippen LogP contribution >= 0.6 is 0 Å². The molecule has 1 unspecified atom stereocenters. The number of allylic oxidation sites excluding steroid dienone is 14.